The summed E-state index contributed by atoms with van der Waals surface area (Å²) in [6.07, 6.45) is 2.95. The predicted octanol–water partition coefficient (Wildman–Crippen LogP) is 2.42. The second kappa shape index (κ2) is 5.52. The lowest BCUT2D eigenvalue weighted by Crippen LogP contribution is -2.34. The van der Waals surface area contributed by atoms with Gasteiger partial charge in [-0.3, -0.25) is 0 Å². The van der Waals surface area contributed by atoms with Crippen molar-refractivity contribution in [2.75, 3.05) is 0 Å². The zero-order chi connectivity index (χ0) is 12.3. The molecule has 0 spiro atoms. The first-order valence-corrected chi connectivity index (χ1v) is 6.29. The van der Waals surface area contributed by atoms with Crippen LogP contribution in [-0.2, 0) is 0 Å². The second-order valence-electron chi connectivity index (χ2n) is 4.76. The number of hydrogen-bond acceptors (Lipinski definition) is 3. The highest BCUT2D eigenvalue weighted by molar-refractivity contribution is 5.29. The molecular weight excluding hydrogens is 216 g/mol. The molecule has 0 heterocycles. The van der Waals surface area contributed by atoms with Gasteiger partial charge in [0.2, 0.25) is 0 Å². The number of ether oxygens (including phenoxy) is 1. The molecule has 2 rings (SSSR count). The van der Waals surface area contributed by atoms with Gasteiger partial charge in [-0.25, -0.2) is 0 Å². The Morgan fingerprint density at radius 1 is 1.29 bits per heavy atom. The van der Waals surface area contributed by atoms with Gasteiger partial charge in [0.15, 0.2) is 0 Å². The van der Waals surface area contributed by atoms with Crippen LogP contribution >= 0.6 is 0 Å². The van der Waals surface area contributed by atoms with E-state index in [2.05, 4.69) is 0 Å². The van der Waals surface area contributed by atoms with Gasteiger partial charge < -0.3 is 14.9 Å². The molecule has 0 aromatic heterocycles. The summed E-state index contributed by atoms with van der Waals surface area (Å²) in [4.78, 5) is 0. The van der Waals surface area contributed by atoms with E-state index in [1.807, 2.05) is 24.3 Å². The Kier molecular flexibility index (Phi) is 4.02. The van der Waals surface area contributed by atoms with E-state index in [1.165, 1.54) is 0 Å². The molecule has 0 bridgehead atoms. The van der Waals surface area contributed by atoms with E-state index in [4.69, 9.17) is 4.74 Å². The largest absolute Gasteiger partial charge is 0.488 e. The number of rotatable bonds is 3. The molecule has 0 saturated heterocycles. The van der Waals surface area contributed by atoms with E-state index in [9.17, 15) is 10.2 Å². The average molecular weight is 236 g/mol. The van der Waals surface area contributed by atoms with Gasteiger partial charge in [-0.05, 0) is 43.9 Å². The highest BCUT2D eigenvalue weighted by Crippen LogP contribution is 2.25. The summed E-state index contributed by atoms with van der Waals surface area (Å²) in [6, 6.07) is 7.45. The first-order chi connectivity index (χ1) is 8.16. The van der Waals surface area contributed by atoms with Crippen LogP contribution in [0.15, 0.2) is 24.3 Å². The van der Waals surface area contributed by atoms with Crippen molar-refractivity contribution < 1.29 is 14.9 Å². The third-order valence-electron chi connectivity index (χ3n) is 3.30. The molecule has 2 unspecified atom stereocenters. The maximum atomic E-state index is 9.83. The van der Waals surface area contributed by atoms with Gasteiger partial charge in [0.25, 0.3) is 0 Å². The normalized spacial score (nSPS) is 26.5. The van der Waals surface area contributed by atoms with Crippen LogP contribution in [0, 0.1) is 0 Å². The van der Waals surface area contributed by atoms with Gasteiger partial charge in [0.1, 0.15) is 11.9 Å². The number of benzene rings is 1. The topological polar surface area (TPSA) is 49.7 Å². The molecule has 2 N–H and O–H groups in total. The van der Waals surface area contributed by atoms with Crippen LogP contribution in [0.5, 0.6) is 5.75 Å². The molecule has 17 heavy (non-hydrogen) atoms. The monoisotopic (exact) mass is 236 g/mol. The molecule has 0 aliphatic heterocycles. The molecule has 1 aliphatic rings. The minimum absolute atomic E-state index is 0.104. The number of aliphatic hydroxyl groups excluding tert-OH is 2. The maximum Gasteiger partial charge on any atom is 0.124 e. The van der Waals surface area contributed by atoms with Crippen molar-refractivity contribution in [2.24, 2.45) is 0 Å². The minimum atomic E-state index is -0.491. The zero-order valence-corrected chi connectivity index (χ0v) is 10.2. The highest BCUT2D eigenvalue weighted by atomic mass is 16.5. The first-order valence-electron chi connectivity index (χ1n) is 6.29. The van der Waals surface area contributed by atoms with E-state index in [0.717, 1.165) is 37.0 Å². The fourth-order valence-corrected chi connectivity index (χ4v) is 2.24. The molecule has 3 atom stereocenters. The third-order valence-corrected chi connectivity index (χ3v) is 3.30. The average Bonchev–Trinajstić information content (AvgIpc) is 2.32. The van der Waals surface area contributed by atoms with E-state index in [-0.39, 0.29) is 12.2 Å². The molecule has 1 aromatic rings. The van der Waals surface area contributed by atoms with Crippen molar-refractivity contribution >= 4 is 0 Å². The third kappa shape index (κ3) is 3.20. The lowest BCUT2D eigenvalue weighted by Gasteiger charge is -2.28. The van der Waals surface area contributed by atoms with E-state index in [1.54, 1.807) is 6.92 Å². The predicted molar refractivity (Wildman–Crippen MR) is 66.0 cm³/mol. The highest BCUT2D eigenvalue weighted by Gasteiger charge is 2.24. The second-order valence-corrected chi connectivity index (χ2v) is 4.76. The first kappa shape index (κ1) is 12.4. The van der Waals surface area contributed by atoms with Crippen molar-refractivity contribution in [3.05, 3.63) is 29.8 Å². The Morgan fingerprint density at radius 3 is 2.76 bits per heavy atom. The molecule has 0 radical (unpaired) electrons. The van der Waals surface area contributed by atoms with Crippen molar-refractivity contribution in [2.45, 2.75) is 50.9 Å². The number of aliphatic hydroxyl groups is 2. The quantitative estimate of drug-likeness (QED) is 0.847. The van der Waals surface area contributed by atoms with Gasteiger partial charge in [0.05, 0.1) is 12.2 Å². The zero-order valence-electron chi connectivity index (χ0n) is 10.2. The van der Waals surface area contributed by atoms with Gasteiger partial charge in [-0.15, -0.1) is 0 Å². The Morgan fingerprint density at radius 2 is 2.06 bits per heavy atom. The lowest BCUT2D eigenvalue weighted by atomic mass is 9.95. The summed E-state index contributed by atoms with van der Waals surface area (Å²) in [7, 11) is 0. The summed E-state index contributed by atoms with van der Waals surface area (Å²) in [5, 5.41) is 19.3. The van der Waals surface area contributed by atoms with Crippen molar-refractivity contribution in [3.63, 3.8) is 0 Å². The molecular formula is C14H20O3. The molecule has 0 amide bonds. The van der Waals surface area contributed by atoms with Crippen LogP contribution in [0.25, 0.3) is 0 Å². The van der Waals surface area contributed by atoms with E-state index >= 15 is 0 Å². The molecule has 3 heteroatoms. The Balaban J connectivity index is 2.04. The van der Waals surface area contributed by atoms with Crippen LogP contribution in [0.2, 0.25) is 0 Å². The van der Waals surface area contributed by atoms with Gasteiger partial charge >= 0.3 is 0 Å². The molecule has 3 nitrogen and oxygen atoms in total. The molecule has 1 fully saturated rings. The number of hydrogen-bond donors (Lipinski definition) is 2. The van der Waals surface area contributed by atoms with E-state index < -0.39 is 6.10 Å². The Hall–Kier alpha value is -1.06. The smallest absolute Gasteiger partial charge is 0.124 e. The van der Waals surface area contributed by atoms with Crippen molar-refractivity contribution in [1.82, 2.24) is 0 Å². The summed E-state index contributed by atoms with van der Waals surface area (Å²) in [6.45, 7) is 1.73. The maximum absolute atomic E-state index is 9.83. The fraction of sp³-hybridized carbons (Fsp3) is 0.571. The van der Waals surface area contributed by atoms with Crippen LogP contribution in [0.4, 0.5) is 0 Å². The van der Waals surface area contributed by atoms with Crippen LogP contribution < -0.4 is 4.74 Å². The fourth-order valence-electron chi connectivity index (χ4n) is 2.24. The molecule has 94 valence electrons. The molecule has 1 aromatic carbocycles. The summed E-state index contributed by atoms with van der Waals surface area (Å²) >= 11 is 0. The van der Waals surface area contributed by atoms with E-state index in [0.29, 0.717) is 0 Å². The minimum Gasteiger partial charge on any atom is -0.488 e. The standard InChI is InChI=1S/C14H20O3/c1-10(15)11-5-4-6-12(9-11)17-14-8-3-2-7-13(14)16/h4-6,9-10,13-16H,2-3,7-8H2,1H3/t10-,13?,14?/m1/s1. The molecule has 1 saturated carbocycles. The summed E-state index contributed by atoms with van der Waals surface area (Å²) in [5.74, 6) is 0.731. The molecule has 1 aliphatic carbocycles. The van der Waals surface area contributed by atoms with Gasteiger partial charge in [-0.1, -0.05) is 18.6 Å². The SMILES string of the molecule is C[C@@H](O)c1cccc(OC2CCCCC2O)c1. The summed E-state index contributed by atoms with van der Waals surface area (Å²) in [5.41, 5.74) is 0.841. The van der Waals surface area contributed by atoms with Crippen molar-refractivity contribution in [1.29, 1.82) is 0 Å². The van der Waals surface area contributed by atoms with Crippen LogP contribution in [0.1, 0.15) is 44.3 Å². The summed E-state index contributed by atoms with van der Waals surface area (Å²) < 4.78 is 5.80. The van der Waals surface area contributed by atoms with Gasteiger partial charge in [0, 0.05) is 0 Å². The van der Waals surface area contributed by atoms with Crippen LogP contribution in [0.3, 0.4) is 0 Å². The Bertz CT molecular complexity index is 362. The van der Waals surface area contributed by atoms with Crippen molar-refractivity contribution in [3.8, 4) is 5.75 Å². The van der Waals surface area contributed by atoms with Gasteiger partial charge in [-0.2, -0.15) is 0 Å². The Labute approximate surface area is 102 Å². The van der Waals surface area contributed by atoms with Crippen LogP contribution in [-0.4, -0.2) is 22.4 Å². The lowest BCUT2D eigenvalue weighted by molar-refractivity contribution is 0.00676.